The van der Waals surface area contributed by atoms with Crippen LogP contribution in [0, 0.1) is 5.92 Å². The number of nitrogens with one attached hydrogen (secondary N) is 1. The van der Waals surface area contributed by atoms with Crippen molar-refractivity contribution in [3.63, 3.8) is 0 Å². The van der Waals surface area contributed by atoms with Crippen LogP contribution in [0.1, 0.15) is 25.8 Å². The second-order valence-electron chi connectivity index (χ2n) is 9.50. The van der Waals surface area contributed by atoms with Gasteiger partial charge in [0.1, 0.15) is 0 Å². The van der Waals surface area contributed by atoms with Gasteiger partial charge in [-0.25, -0.2) is 0 Å². The Morgan fingerprint density at radius 2 is 1.88 bits per heavy atom. The topological polar surface area (TPSA) is 51.7 Å². The zero-order valence-corrected chi connectivity index (χ0v) is 19.4. The molecule has 0 spiro atoms. The first kappa shape index (κ1) is 23.8. The van der Waals surface area contributed by atoms with Gasteiger partial charge < -0.3 is 15.1 Å². The van der Waals surface area contributed by atoms with E-state index in [2.05, 4.69) is 39.0 Å². The normalized spacial score (nSPS) is 24.1. The number of hydrogen-bond acceptors (Lipinski definition) is 5. The summed E-state index contributed by atoms with van der Waals surface area (Å²) in [6.45, 7) is 8.95. The highest BCUT2D eigenvalue weighted by Crippen LogP contribution is 2.38. The van der Waals surface area contributed by atoms with E-state index in [1.165, 1.54) is 12.3 Å². The van der Waals surface area contributed by atoms with Gasteiger partial charge >= 0.3 is 6.18 Å². The van der Waals surface area contributed by atoms with Gasteiger partial charge in [0.2, 0.25) is 5.91 Å². The summed E-state index contributed by atoms with van der Waals surface area (Å²) < 4.78 is 40.5. The van der Waals surface area contributed by atoms with Crippen molar-refractivity contribution in [1.29, 1.82) is 0 Å². The van der Waals surface area contributed by atoms with Crippen molar-refractivity contribution in [2.24, 2.45) is 5.92 Å². The maximum absolute atomic E-state index is 13.5. The van der Waals surface area contributed by atoms with Gasteiger partial charge in [-0.1, -0.05) is 6.92 Å². The second kappa shape index (κ2) is 9.46. The number of carbonyl (C=O) groups is 1. The summed E-state index contributed by atoms with van der Waals surface area (Å²) in [4.78, 5) is 23.6. The minimum Gasteiger partial charge on any atom is -0.369 e. The summed E-state index contributed by atoms with van der Waals surface area (Å²) in [7, 11) is 2.08. The van der Waals surface area contributed by atoms with Gasteiger partial charge in [-0.2, -0.15) is 13.2 Å². The largest absolute Gasteiger partial charge is 0.418 e. The van der Waals surface area contributed by atoms with Crippen LogP contribution in [-0.2, 0) is 11.0 Å². The van der Waals surface area contributed by atoms with Crippen LogP contribution >= 0.6 is 0 Å². The molecular formula is C24H32F3N5O. The number of rotatable bonds is 4. The molecule has 3 atom stereocenters. The van der Waals surface area contributed by atoms with Gasteiger partial charge in [-0.3, -0.25) is 14.7 Å². The summed E-state index contributed by atoms with van der Waals surface area (Å²) in [5.41, 5.74) is -0.0354. The van der Waals surface area contributed by atoms with Gasteiger partial charge in [0, 0.05) is 62.6 Å². The molecule has 0 aliphatic carbocycles. The molecule has 33 heavy (non-hydrogen) atoms. The van der Waals surface area contributed by atoms with E-state index < -0.39 is 11.7 Å². The van der Waals surface area contributed by atoms with Crippen LogP contribution in [0.15, 0.2) is 30.5 Å². The summed E-state index contributed by atoms with van der Waals surface area (Å²) in [6.07, 6.45) is -2.23. The quantitative estimate of drug-likeness (QED) is 0.755. The number of likely N-dealkylation sites (N-methyl/N-ethyl adjacent to an activating group) is 1. The van der Waals surface area contributed by atoms with Crippen LogP contribution in [-0.4, -0.2) is 79.1 Å². The number of aromatic nitrogens is 1. The van der Waals surface area contributed by atoms with Crippen molar-refractivity contribution in [3.8, 4) is 0 Å². The van der Waals surface area contributed by atoms with Crippen LogP contribution in [0.2, 0.25) is 0 Å². The smallest absolute Gasteiger partial charge is 0.369 e. The number of halogens is 3. The Bertz CT molecular complexity index is 990. The number of nitrogens with zero attached hydrogens (tertiary/aromatic N) is 4. The van der Waals surface area contributed by atoms with Crippen molar-refractivity contribution in [3.05, 3.63) is 36.0 Å². The molecule has 6 nitrogen and oxygen atoms in total. The predicted molar refractivity (Wildman–Crippen MR) is 123 cm³/mol. The van der Waals surface area contributed by atoms with Crippen LogP contribution in [0.5, 0.6) is 0 Å². The summed E-state index contributed by atoms with van der Waals surface area (Å²) in [6, 6.07) is 5.74. The number of anilines is 1. The van der Waals surface area contributed by atoms with Crippen molar-refractivity contribution in [2.45, 2.75) is 38.5 Å². The highest BCUT2D eigenvalue weighted by molar-refractivity contribution is 5.94. The molecular weight excluding hydrogens is 431 g/mol. The molecule has 2 saturated heterocycles. The molecule has 2 aliphatic rings. The molecule has 2 aliphatic heterocycles. The first-order valence-electron chi connectivity index (χ1n) is 11.6. The molecule has 1 aromatic carbocycles. The Balaban J connectivity index is 1.51. The highest BCUT2D eigenvalue weighted by atomic mass is 19.4. The number of alkyl halides is 3. The van der Waals surface area contributed by atoms with Gasteiger partial charge in [0.05, 0.1) is 17.1 Å². The van der Waals surface area contributed by atoms with Gasteiger partial charge in [-0.05, 0) is 50.6 Å². The first-order valence-corrected chi connectivity index (χ1v) is 11.6. The molecule has 0 saturated carbocycles. The van der Waals surface area contributed by atoms with Crippen molar-refractivity contribution < 1.29 is 18.0 Å². The molecule has 2 fully saturated rings. The lowest BCUT2D eigenvalue weighted by molar-refractivity contribution is -0.136. The van der Waals surface area contributed by atoms with E-state index in [9.17, 15) is 18.0 Å². The SMILES string of the molecule is C[C@H]1C[C@@H](NC(=O)[C@H](C)N2CCN(C)CC2)CN(c2ccc(C(F)(F)F)c3ncccc23)C1. The Hall–Kier alpha value is -2.39. The van der Waals surface area contributed by atoms with E-state index in [-0.39, 0.29) is 29.4 Å². The molecule has 1 aromatic heterocycles. The fraction of sp³-hybridized carbons (Fsp3) is 0.583. The van der Waals surface area contributed by atoms with Crippen molar-refractivity contribution in [1.82, 2.24) is 20.1 Å². The molecule has 3 heterocycles. The third-order valence-electron chi connectivity index (χ3n) is 6.86. The number of hydrogen-bond donors (Lipinski definition) is 1. The standard InChI is InChI=1S/C24H32F3N5O/c1-16-13-18(29-23(33)17(2)31-11-9-30(3)10-12-31)15-32(14-16)21-7-6-20(24(25,26)27)22-19(21)5-4-8-28-22/h4-8,16-18H,9-15H2,1-3H3,(H,29,33)/t16-,17-,18+/m0/s1. The minimum absolute atomic E-state index is 0.0116. The van der Waals surface area contributed by atoms with Gasteiger partial charge in [0.15, 0.2) is 0 Å². The number of pyridine rings is 1. The van der Waals surface area contributed by atoms with E-state index in [4.69, 9.17) is 0 Å². The van der Waals surface area contributed by atoms with E-state index in [1.54, 1.807) is 12.1 Å². The molecule has 2 aromatic rings. The molecule has 0 radical (unpaired) electrons. The van der Waals surface area contributed by atoms with Crippen molar-refractivity contribution in [2.75, 3.05) is 51.2 Å². The number of carbonyl (C=O) groups excluding carboxylic acids is 1. The molecule has 4 rings (SSSR count). The lowest BCUT2D eigenvalue weighted by atomic mass is 9.94. The summed E-state index contributed by atoms with van der Waals surface area (Å²) in [5.74, 6) is 0.301. The lowest BCUT2D eigenvalue weighted by Crippen LogP contribution is -2.57. The molecule has 1 N–H and O–H groups in total. The van der Waals surface area contributed by atoms with Gasteiger partial charge in [0.25, 0.3) is 0 Å². The minimum atomic E-state index is -4.46. The molecule has 1 amide bonds. The fourth-order valence-corrected chi connectivity index (χ4v) is 5.01. The van der Waals surface area contributed by atoms with Crippen molar-refractivity contribution >= 4 is 22.5 Å². The number of fused-ring (bicyclic) bond motifs is 1. The average molecular weight is 464 g/mol. The Labute approximate surface area is 192 Å². The zero-order chi connectivity index (χ0) is 23.8. The van der Waals surface area contributed by atoms with Crippen LogP contribution in [0.4, 0.5) is 18.9 Å². The average Bonchev–Trinajstić information content (AvgIpc) is 2.77. The molecule has 0 bridgehead atoms. The zero-order valence-electron chi connectivity index (χ0n) is 19.4. The molecule has 0 unspecified atom stereocenters. The number of piperazine rings is 1. The lowest BCUT2D eigenvalue weighted by Gasteiger charge is -2.40. The van der Waals surface area contributed by atoms with E-state index >= 15 is 0 Å². The Kier molecular flexibility index (Phi) is 6.81. The molecule has 180 valence electrons. The summed E-state index contributed by atoms with van der Waals surface area (Å²) in [5, 5.41) is 3.69. The maximum Gasteiger partial charge on any atom is 0.418 e. The number of benzene rings is 1. The third-order valence-corrected chi connectivity index (χ3v) is 6.86. The van der Waals surface area contributed by atoms with Crippen LogP contribution in [0.25, 0.3) is 10.9 Å². The first-order chi connectivity index (χ1) is 15.6. The number of amides is 1. The van der Waals surface area contributed by atoms with E-state index in [0.29, 0.717) is 11.9 Å². The summed E-state index contributed by atoms with van der Waals surface area (Å²) >= 11 is 0. The third kappa shape index (κ3) is 5.24. The molecule has 9 heteroatoms. The monoisotopic (exact) mass is 463 g/mol. The fourth-order valence-electron chi connectivity index (χ4n) is 5.01. The van der Waals surface area contributed by atoms with Gasteiger partial charge in [-0.15, -0.1) is 0 Å². The van der Waals surface area contributed by atoms with Crippen LogP contribution in [0.3, 0.4) is 0 Å². The number of piperidine rings is 1. The van der Waals surface area contributed by atoms with Crippen LogP contribution < -0.4 is 10.2 Å². The second-order valence-corrected chi connectivity index (χ2v) is 9.50. The Morgan fingerprint density at radius 1 is 1.15 bits per heavy atom. The highest BCUT2D eigenvalue weighted by Gasteiger charge is 2.35. The van der Waals surface area contributed by atoms with E-state index in [1.807, 2.05) is 6.92 Å². The Morgan fingerprint density at radius 3 is 2.58 bits per heavy atom. The maximum atomic E-state index is 13.5. The predicted octanol–water partition coefficient (Wildman–Crippen LogP) is 3.22. The van der Waals surface area contributed by atoms with E-state index in [0.717, 1.165) is 50.9 Å².